The van der Waals surface area contributed by atoms with E-state index in [1.54, 1.807) is 7.11 Å². The first-order chi connectivity index (χ1) is 7.08. The lowest BCUT2D eigenvalue weighted by Crippen LogP contribution is -2.31. The predicted molar refractivity (Wildman–Crippen MR) is 58.5 cm³/mol. The van der Waals surface area contributed by atoms with Crippen LogP contribution in [0.15, 0.2) is 12.1 Å². The Labute approximate surface area is 89.4 Å². The van der Waals surface area contributed by atoms with E-state index < -0.39 is 0 Å². The zero-order valence-electron chi connectivity index (χ0n) is 9.26. The minimum Gasteiger partial charge on any atom is -0.496 e. The van der Waals surface area contributed by atoms with Crippen molar-refractivity contribution in [2.24, 2.45) is 5.84 Å². The van der Waals surface area contributed by atoms with E-state index in [0.717, 1.165) is 22.4 Å². The van der Waals surface area contributed by atoms with Gasteiger partial charge in [0, 0.05) is 0 Å². The Morgan fingerprint density at radius 1 is 1.40 bits per heavy atom. The van der Waals surface area contributed by atoms with E-state index >= 15 is 0 Å². The Bertz CT molecular complexity index is 352. The molecule has 0 heterocycles. The molecule has 0 unspecified atom stereocenters. The van der Waals surface area contributed by atoms with E-state index in [4.69, 9.17) is 10.6 Å². The fourth-order valence-corrected chi connectivity index (χ4v) is 1.70. The lowest BCUT2D eigenvalue weighted by Gasteiger charge is -2.10. The Kier molecular flexibility index (Phi) is 3.68. The van der Waals surface area contributed by atoms with Crippen molar-refractivity contribution in [3.05, 3.63) is 28.8 Å². The van der Waals surface area contributed by atoms with E-state index in [1.165, 1.54) is 0 Å². The summed E-state index contributed by atoms with van der Waals surface area (Å²) in [6, 6.07) is 3.86. The highest BCUT2D eigenvalue weighted by Crippen LogP contribution is 2.24. The molecular weight excluding hydrogens is 192 g/mol. The number of carbonyl (C=O) groups excluding carboxylic acids is 1. The van der Waals surface area contributed by atoms with Crippen molar-refractivity contribution < 1.29 is 9.53 Å². The molecular formula is C11H16N2O2. The molecule has 15 heavy (non-hydrogen) atoms. The molecule has 0 atom stereocenters. The highest BCUT2D eigenvalue weighted by Gasteiger charge is 2.07. The van der Waals surface area contributed by atoms with Gasteiger partial charge in [0.2, 0.25) is 5.91 Å². The van der Waals surface area contributed by atoms with E-state index in [1.807, 2.05) is 26.0 Å². The Morgan fingerprint density at radius 2 is 1.93 bits per heavy atom. The maximum Gasteiger partial charge on any atom is 0.238 e. The van der Waals surface area contributed by atoms with Crippen molar-refractivity contribution in [3.8, 4) is 5.75 Å². The number of nitrogens with one attached hydrogen (secondary N) is 1. The van der Waals surface area contributed by atoms with Crippen LogP contribution in [-0.4, -0.2) is 13.0 Å². The van der Waals surface area contributed by atoms with E-state index in [0.29, 0.717) is 6.42 Å². The first-order valence-electron chi connectivity index (χ1n) is 4.72. The van der Waals surface area contributed by atoms with Crippen LogP contribution in [0.3, 0.4) is 0 Å². The zero-order chi connectivity index (χ0) is 11.4. The lowest BCUT2D eigenvalue weighted by atomic mass is 10.0. The van der Waals surface area contributed by atoms with Crippen LogP contribution in [0.2, 0.25) is 0 Å². The number of methoxy groups -OCH3 is 1. The molecule has 0 aromatic heterocycles. The second-order valence-corrected chi connectivity index (χ2v) is 3.51. The van der Waals surface area contributed by atoms with Gasteiger partial charge in [0.25, 0.3) is 0 Å². The van der Waals surface area contributed by atoms with Crippen molar-refractivity contribution in [3.63, 3.8) is 0 Å². The summed E-state index contributed by atoms with van der Waals surface area (Å²) >= 11 is 0. The van der Waals surface area contributed by atoms with Gasteiger partial charge in [-0.1, -0.05) is 12.1 Å². The third-order valence-corrected chi connectivity index (χ3v) is 2.25. The van der Waals surface area contributed by atoms with Crippen molar-refractivity contribution in [2.45, 2.75) is 20.3 Å². The summed E-state index contributed by atoms with van der Waals surface area (Å²) in [5.41, 5.74) is 5.10. The average Bonchev–Trinajstić information content (AvgIpc) is 2.17. The molecule has 0 fully saturated rings. The number of ether oxygens (including phenoxy) is 1. The summed E-state index contributed by atoms with van der Waals surface area (Å²) in [4.78, 5) is 11.1. The SMILES string of the molecule is COc1c(C)cc(CC(=O)NN)cc1C. The van der Waals surface area contributed by atoms with Crippen LogP contribution < -0.4 is 16.0 Å². The number of aryl methyl sites for hydroxylation is 2. The number of hydrogen-bond acceptors (Lipinski definition) is 3. The molecule has 1 aromatic carbocycles. The topological polar surface area (TPSA) is 64.3 Å². The van der Waals surface area contributed by atoms with Gasteiger partial charge in [-0.3, -0.25) is 10.2 Å². The Balaban J connectivity index is 2.98. The summed E-state index contributed by atoms with van der Waals surface area (Å²) in [6.45, 7) is 3.91. The summed E-state index contributed by atoms with van der Waals surface area (Å²) in [7, 11) is 1.64. The third-order valence-electron chi connectivity index (χ3n) is 2.25. The molecule has 82 valence electrons. The lowest BCUT2D eigenvalue weighted by molar-refractivity contribution is -0.120. The molecule has 3 N–H and O–H groups in total. The first kappa shape index (κ1) is 11.5. The zero-order valence-corrected chi connectivity index (χ0v) is 9.26. The summed E-state index contributed by atoms with van der Waals surface area (Å²) in [6.07, 6.45) is 0.294. The fourth-order valence-electron chi connectivity index (χ4n) is 1.70. The highest BCUT2D eigenvalue weighted by atomic mass is 16.5. The summed E-state index contributed by atoms with van der Waals surface area (Å²) in [5, 5.41) is 0. The third kappa shape index (κ3) is 2.70. The second-order valence-electron chi connectivity index (χ2n) is 3.51. The largest absolute Gasteiger partial charge is 0.496 e. The minimum atomic E-state index is -0.195. The van der Waals surface area contributed by atoms with Crippen molar-refractivity contribution in [1.82, 2.24) is 5.43 Å². The van der Waals surface area contributed by atoms with Gasteiger partial charge >= 0.3 is 0 Å². The molecule has 4 heteroatoms. The number of nitrogens with two attached hydrogens (primary N) is 1. The molecule has 4 nitrogen and oxygen atoms in total. The van der Waals surface area contributed by atoms with Crippen LogP contribution in [0, 0.1) is 13.8 Å². The van der Waals surface area contributed by atoms with E-state index in [-0.39, 0.29) is 5.91 Å². The maximum absolute atomic E-state index is 11.1. The molecule has 0 aliphatic rings. The molecule has 0 aliphatic heterocycles. The predicted octanol–water partition coefficient (Wildman–Crippen LogP) is 0.844. The number of hydrogen-bond donors (Lipinski definition) is 2. The van der Waals surface area contributed by atoms with Gasteiger partial charge in [-0.2, -0.15) is 0 Å². The molecule has 1 rings (SSSR count). The molecule has 0 bridgehead atoms. The number of amides is 1. The van der Waals surface area contributed by atoms with Gasteiger partial charge in [0.15, 0.2) is 0 Å². The number of rotatable bonds is 3. The van der Waals surface area contributed by atoms with Crippen molar-refractivity contribution in [2.75, 3.05) is 7.11 Å². The van der Waals surface area contributed by atoms with Gasteiger partial charge in [0.1, 0.15) is 5.75 Å². The average molecular weight is 208 g/mol. The Hall–Kier alpha value is -1.55. The first-order valence-corrected chi connectivity index (χ1v) is 4.72. The van der Waals surface area contributed by atoms with Crippen molar-refractivity contribution >= 4 is 5.91 Å². The molecule has 0 saturated heterocycles. The quantitative estimate of drug-likeness (QED) is 0.439. The van der Waals surface area contributed by atoms with Gasteiger partial charge in [-0.05, 0) is 30.5 Å². The normalized spacial score (nSPS) is 9.87. The Morgan fingerprint density at radius 3 is 2.33 bits per heavy atom. The number of hydrazine groups is 1. The minimum absolute atomic E-state index is 0.195. The van der Waals surface area contributed by atoms with Crippen LogP contribution in [0.25, 0.3) is 0 Å². The second kappa shape index (κ2) is 4.79. The smallest absolute Gasteiger partial charge is 0.238 e. The highest BCUT2D eigenvalue weighted by molar-refractivity contribution is 5.78. The molecule has 0 spiro atoms. The fraction of sp³-hybridized carbons (Fsp3) is 0.364. The van der Waals surface area contributed by atoms with E-state index in [2.05, 4.69) is 5.43 Å². The van der Waals surface area contributed by atoms with Crippen LogP contribution in [0.5, 0.6) is 5.75 Å². The van der Waals surface area contributed by atoms with Crippen LogP contribution in [0.1, 0.15) is 16.7 Å². The molecule has 0 aliphatic carbocycles. The molecule has 0 radical (unpaired) electrons. The van der Waals surface area contributed by atoms with Gasteiger partial charge in [0.05, 0.1) is 13.5 Å². The van der Waals surface area contributed by atoms with Crippen molar-refractivity contribution in [1.29, 1.82) is 0 Å². The number of benzene rings is 1. The summed E-state index contributed by atoms with van der Waals surface area (Å²) < 4.78 is 5.24. The van der Waals surface area contributed by atoms with Gasteiger partial charge < -0.3 is 4.74 Å². The molecule has 1 aromatic rings. The van der Waals surface area contributed by atoms with Gasteiger partial charge in [-0.15, -0.1) is 0 Å². The summed E-state index contributed by atoms with van der Waals surface area (Å²) in [5.74, 6) is 5.70. The standard InChI is InChI=1S/C11H16N2O2/c1-7-4-9(6-10(14)13-12)5-8(2)11(7)15-3/h4-5H,6,12H2,1-3H3,(H,13,14). The van der Waals surface area contributed by atoms with Crippen LogP contribution in [0.4, 0.5) is 0 Å². The van der Waals surface area contributed by atoms with Crippen LogP contribution >= 0.6 is 0 Å². The van der Waals surface area contributed by atoms with Crippen LogP contribution in [-0.2, 0) is 11.2 Å². The molecule has 1 amide bonds. The van der Waals surface area contributed by atoms with E-state index in [9.17, 15) is 4.79 Å². The number of carbonyl (C=O) groups is 1. The monoisotopic (exact) mass is 208 g/mol. The maximum atomic E-state index is 11.1. The van der Waals surface area contributed by atoms with Gasteiger partial charge in [-0.25, -0.2) is 5.84 Å². The molecule has 0 saturated carbocycles.